The van der Waals surface area contributed by atoms with E-state index in [0.29, 0.717) is 16.5 Å². The summed E-state index contributed by atoms with van der Waals surface area (Å²) < 4.78 is 13.2. The number of nitrogens with one attached hydrogen (secondary N) is 1. The van der Waals surface area contributed by atoms with Crippen molar-refractivity contribution in [3.05, 3.63) is 34.1 Å². The molecule has 0 aliphatic rings. The molecular weight excluding hydrogens is 221 g/mol. The van der Waals surface area contributed by atoms with Crippen LogP contribution >= 0.6 is 24.2 Å². The highest BCUT2D eigenvalue weighted by Gasteiger charge is 2.04. The molecule has 0 saturated heterocycles. The van der Waals surface area contributed by atoms with Crippen LogP contribution in [-0.2, 0) is 6.42 Å². The van der Waals surface area contributed by atoms with Gasteiger partial charge in [-0.25, -0.2) is 4.39 Å². The molecular formula is C10H13ClFNS. The Balaban J connectivity index is 2.72. The third-order valence-electron chi connectivity index (χ3n) is 2.01. The molecule has 0 saturated carbocycles. The van der Waals surface area contributed by atoms with Crippen LogP contribution in [0, 0.1) is 12.7 Å². The van der Waals surface area contributed by atoms with Crippen molar-refractivity contribution < 1.29 is 4.39 Å². The van der Waals surface area contributed by atoms with Crippen LogP contribution in [-0.4, -0.2) is 12.4 Å². The fourth-order valence-electron chi connectivity index (χ4n) is 1.18. The van der Waals surface area contributed by atoms with Gasteiger partial charge < -0.3 is 5.32 Å². The van der Waals surface area contributed by atoms with E-state index in [9.17, 15) is 4.39 Å². The molecule has 0 heterocycles. The molecule has 1 nitrogen and oxygen atoms in total. The minimum atomic E-state index is -0.199. The van der Waals surface area contributed by atoms with E-state index in [1.54, 1.807) is 13.0 Å². The Morgan fingerprint density at radius 2 is 2.21 bits per heavy atom. The molecule has 0 radical (unpaired) electrons. The molecule has 0 unspecified atom stereocenters. The van der Waals surface area contributed by atoms with Gasteiger partial charge >= 0.3 is 0 Å². The quantitative estimate of drug-likeness (QED) is 0.463. The van der Waals surface area contributed by atoms with Crippen molar-refractivity contribution in [2.24, 2.45) is 0 Å². The van der Waals surface area contributed by atoms with Crippen molar-refractivity contribution in [1.29, 1.82) is 0 Å². The lowest BCUT2D eigenvalue weighted by Gasteiger charge is -2.06. The summed E-state index contributed by atoms with van der Waals surface area (Å²) in [5.74, 6) is 0.418. The van der Waals surface area contributed by atoms with Crippen LogP contribution in [0.5, 0.6) is 0 Å². The minimum absolute atomic E-state index is 0.199. The number of hydrogen-bond donors (Lipinski definition) is 2. The predicted octanol–water partition coefficient (Wildman–Crippen LogP) is 2.81. The molecule has 1 N–H and O–H groups in total. The normalized spacial score (nSPS) is 10.6. The molecule has 0 amide bonds. The third kappa shape index (κ3) is 3.15. The second-order valence-electron chi connectivity index (χ2n) is 3.10. The average Bonchev–Trinajstić information content (AvgIpc) is 2.14. The molecule has 14 heavy (non-hydrogen) atoms. The van der Waals surface area contributed by atoms with Crippen LogP contribution in [0.15, 0.2) is 12.1 Å². The molecule has 78 valence electrons. The van der Waals surface area contributed by atoms with Crippen LogP contribution in [0.25, 0.3) is 0 Å². The molecule has 0 aliphatic carbocycles. The van der Waals surface area contributed by atoms with Gasteiger partial charge in [0.1, 0.15) is 5.82 Å². The lowest BCUT2D eigenvalue weighted by atomic mass is 10.1. The molecule has 1 rings (SSSR count). The highest BCUT2D eigenvalue weighted by molar-refractivity contribution is 7.80. The van der Waals surface area contributed by atoms with E-state index in [4.69, 9.17) is 11.6 Å². The molecule has 1 aromatic rings. The maximum atomic E-state index is 13.2. The smallest absolute Gasteiger partial charge is 0.126 e. The van der Waals surface area contributed by atoms with Crippen molar-refractivity contribution in [2.45, 2.75) is 13.3 Å². The van der Waals surface area contributed by atoms with Gasteiger partial charge in [0.05, 0.1) is 0 Å². The van der Waals surface area contributed by atoms with E-state index in [2.05, 4.69) is 17.9 Å². The summed E-state index contributed by atoms with van der Waals surface area (Å²) in [5, 5.41) is 3.67. The number of benzene rings is 1. The topological polar surface area (TPSA) is 12.0 Å². The fraction of sp³-hybridized carbons (Fsp3) is 0.400. The number of rotatable bonds is 4. The van der Waals surface area contributed by atoms with Gasteiger partial charge in [0, 0.05) is 10.9 Å². The van der Waals surface area contributed by atoms with Gasteiger partial charge in [-0.15, -0.1) is 0 Å². The first-order valence-corrected chi connectivity index (χ1v) is 5.42. The summed E-state index contributed by atoms with van der Waals surface area (Å²) >= 11 is 9.98. The van der Waals surface area contributed by atoms with Crippen LogP contribution < -0.4 is 5.32 Å². The summed E-state index contributed by atoms with van der Waals surface area (Å²) in [4.78, 5) is 0. The predicted molar refractivity (Wildman–Crippen MR) is 61.7 cm³/mol. The van der Waals surface area contributed by atoms with E-state index in [1.165, 1.54) is 6.07 Å². The zero-order chi connectivity index (χ0) is 10.6. The van der Waals surface area contributed by atoms with Crippen molar-refractivity contribution >= 4 is 24.2 Å². The minimum Gasteiger partial charge on any atom is -0.308 e. The maximum Gasteiger partial charge on any atom is 0.126 e. The first-order chi connectivity index (χ1) is 6.65. The van der Waals surface area contributed by atoms with Gasteiger partial charge in [-0.3, -0.25) is 0 Å². The summed E-state index contributed by atoms with van der Waals surface area (Å²) in [5.41, 5.74) is 1.42. The van der Waals surface area contributed by atoms with Crippen LogP contribution in [0.2, 0.25) is 5.02 Å². The Hall–Kier alpha value is -0.250. The summed E-state index contributed by atoms with van der Waals surface area (Å²) in [6.45, 7) is 2.46. The zero-order valence-corrected chi connectivity index (χ0v) is 9.63. The highest BCUT2D eigenvalue weighted by atomic mass is 35.5. The largest absolute Gasteiger partial charge is 0.308 e. The zero-order valence-electron chi connectivity index (χ0n) is 7.98. The van der Waals surface area contributed by atoms with Crippen molar-refractivity contribution in [2.75, 3.05) is 12.4 Å². The maximum absolute atomic E-state index is 13.2. The Kier molecular flexibility index (Phi) is 4.72. The molecule has 0 spiro atoms. The monoisotopic (exact) mass is 233 g/mol. The highest BCUT2D eigenvalue weighted by Crippen LogP contribution is 2.20. The molecule has 0 fully saturated rings. The standard InChI is InChI=1S/C10H13ClFNS/c1-7-4-9(11)8(5-10(7)12)2-3-13-6-14/h4-5,13-14H,2-3,6H2,1H3. The first kappa shape index (κ1) is 11.8. The lowest BCUT2D eigenvalue weighted by molar-refractivity contribution is 0.615. The summed E-state index contributed by atoms with van der Waals surface area (Å²) in [6, 6.07) is 3.16. The Bertz CT molecular complexity index is 317. The SMILES string of the molecule is Cc1cc(Cl)c(CCNCS)cc1F. The molecule has 0 aromatic heterocycles. The van der Waals surface area contributed by atoms with Gasteiger partial charge in [0.15, 0.2) is 0 Å². The Morgan fingerprint density at radius 3 is 2.86 bits per heavy atom. The van der Waals surface area contributed by atoms with E-state index < -0.39 is 0 Å². The van der Waals surface area contributed by atoms with E-state index in [1.807, 2.05) is 0 Å². The van der Waals surface area contributed by atoms with Gasteiger partial charge in [0.2, 0.25) is 0 Å². The van der Waals surface area contributed by atoms with Crippen molar-refractivity contribution in [1.82, 2.24) is 5.32 Å². The van der Waals surface area contributed by atoms with E-state index >= 15 is 0 Å². The van der Waals surface area contributed by atoms with Gasteiger partial charge in [0.25, 0.3) is 0 Å². The molecule has 0 bridgehead atoms. The van der Waals surface area contributed by atoms with Crippen molar-refractivity contribution in [3.8, 4) is 0 Å². The van der Waals surface area contributed by atoms with Gasteiger partial charge in [-0.1, -0.05) is 11.6 Å². The Morgan fingerprint density at radius 1 is 1.50 bits per heavy atom. The number of halogens is 2. The molecule has 0 aliphatic heterocycles. The second kappa shape index (κ2) is 5.59. The number of aryl methyl sites for hydroxylation is 1. The number of thiol groups is 1. The summed E-state index contributed by atoms with van der Waals surface area (Å²) in [7, 11) is 0. The van der Waals surface area contributed by atoms with E-state index in [0.717, 1.165) is 18.5 Å². The molecule has 4 heteroatoms. The van der Waals surface area contributed by atoms with E-state index in [-0.39, 0.29) is 5.82 Å². The first-order valence-electron chi connectivity index (χ1n) is 4.41. The summed E-state index contributed by atoms with van der Waals surface area (Å²) in [6.07, 6.45) is 0.719. The van der Waals surface area contributed by atoms with Crippen molar-refractivity contribution in [3.63, 3.8) is 0 Å². The second-order valence-corrected chi connectivity index (χ2v) is 3.82. The van der Waals surface area contributed by atoms with Crippen LogP contribution in [0.1, 0.15) is 11.1 Å². The van der Waals surface area contributed by atoms with Gasteiger partial charge in [-0.2, -0.15) is 12.6 Å². The van der Waals surface area contributed by atoms with Crippen LogP contribution in [0.3, 0.4) is 0 Å². The number of hydrogen-bond acceptors (Lipinski definition) is 2. The lowest BCUT2D eigenvalue weighted by Crippen LogP contribution is -2.15. The molecule has 1 aromatic carbocycles. The Labute approximate surface area is 94.1 Å². The fourth-order valence-corrected chi connectivity index (χ4v) is 1.65. The third-order valence-corrected chi connectivity index (χ3v) is 2.59. The average molecular weight is 234 g/mol. The molecule has 0 atom stereocenters. The van der Waals surface area contributed by atoms with Gasteiger partial charge in [-0.05, 0) is 43.1 Å². The van der Waals surface area contributed by atoms with Crippen LogP contribution in [0.4, 0.5) is 4.39 Å².